The van der Waals surface area contributed by atoms with Gasteiger partial charge in [-0.1, -0.05) is 17.7 Å². The summed E-state index contributed by atoms with van der Waals surface area (Å²) in [6.45, 7) is 1.88. The molecule has 0 radical (unpaired) electrons. The Morgan fingerprint density at radius 1 is 1.17 bits per heavy atom. The molecule has 0 saturated heterocycles. The normalized spacial score (nSPS) is 10.5. The SMILES string of the molecule is Cc1ccc(S(N)(=O)=O)cc1.[K+]. The van der Waals surface area contributed by atoms with E-state index in [0.29, 0.717) is 0 Å². The zero-order valence-electron chi connectivity index (χ0n) is 7.11. The summed E-state index contributed by atoms with van der Waals surface area (Å²) in [6, 6.07) is 6.40. The summed E-state index contributed by atoms with van der Waals surface area (Å²) in [7, 11) is -3.52. The molecule has 0 heterocycles. The minimum Gasteiger partial charge on any atom is -0.225 e. The van der Waals surface area contributed by atoms with Gasteiger partial charge in [0.25, 0.3) is 0 Å². The fourth-order valence-electron chi connectivity index (χ4n) is 0.728. The van der Waals surface area contributed by atoms with Crippen molar-refractivity contribution in [3.8, 4) is 0 Å². The van der Waals surface area contributed by atoms with Gasteiger partial charge in [0.2, 0.25) is 10.0 Å². The molecule has 0 saturated carbocycles. The molecule has 1 aromatic rings. The minimum absolute atomic E-state index is 0. The van der Waals surface area contributed by atoms with Gasteiger partial charge in [0, 0.05) is 0 Å². The van der Waals surface area contributed by atoms with Gasteiger partial charge in [0.15, 0.2) is 0 Å². The van der Waals surface area contributed by atoms with Crippen LogP contribution < -0.4 is 56.5 Å². The summed E-state index contributed by atoms with van der Waals surface area (Å²) >= 11 is 0. The van der Waals surface area contributed by atoms with Crippen LogP contribution in [-0.2, 0) is 10.0 Å². The second kappa shape index (κ2) is 4.85. The standard InChI is InChI=1S/C7H9NO2S.K/c1-6-2-4-7(5-3-6)11(8,9)10;/h2-5H,1H3,(H2,8,9,10);/q;+1. The van der Waals surface area contributed by atoms with E-state index in [2.05, 4.69) is 0 Å². The number of nitrogens with two attached hydrogens (primary N) is 1. The Hall–Kier alpha value is 0.766. The molecule has 0 bridgehead atoms. The Morgan fingerprint density at radius 2 is 1.58 bits per heavy atom. The largest absolute Gasteiger partial charge is 1.00 e. The van der Waals surface area contributed by atoms with Crippen LogP contribution in [0.5, 0.6) is 0 Å². The number of hydrogen-bond donors (Lipinski definition) is 1. The quantitative estimate of drug-likeness (QED) is 0.527. The molecule has 0 atom stereocenters. The third-order valence-corrected chi connectivity index (χ3v) is 2.28. The molecule has 5 heteroatoms. The molecule has 0 aliphatic heterocycles. The molecule has 0 aliphatic rings. The maximum absolute atomic E-state index is 10.7. The zero-order chi connectivity index (χ0) is 8.48. The van der Waals surface area contributed by atoms with Gasteiger partial charge < -0.3 is 0 Å². The maximum Gasteiger partial charge on any atom is 1.00 e. The van der Waals surface area contributed by atoms with E-state index in [-0.39, 0.29) is 56.3 Å². The van der Waals surface area contributed by atoms with Gasteiger partial charge >= 0.3 is 51.4 Å². The van der Waals surface area contributed by atoms with E-state index >= 15 is 0 Å². The monoisotopic (exact) mass is 210 g/mol. The van der Waals surface area contributed by atoms with Crippen LogP contribution in [0, 0.1) is 6.92 Å². The first-order valence-corrected chi connectivity index (χ1v) is 4.64. The topological polar surface area (TPSA) is 60.2 Å². The molecule has 1 rings (SSSR count). The number of rotatable bonds is 1. The first-order valence-electron chi connectivity index (χ1n) is 3.09. The summed E-state index contributed by atoms with van der Waals surface area (Å²) in [5, 5.41) is 4.88. The smallest absolute Gasteiger partial charge is 0.225 e. The van der Waals surface area contributed by atoms with Crippen LogP contribution in [0.4, 0.5) is 0 Å². The van der Waals surface area contributed by atoms with Gasteiger partial charge in [-0.15, -0.1) is 0 Å². The van der Waals surface area contributed by atoms with Crippen molar-refractivity contribution >= 4 is 10.0 Å². The number of benzene rings is 1. The van der Waals surface area contributed by atoms with E-state index in [1.807, 2.05) is 6.92 Å². The van der Waals surface area contributed by atoms with Crippen LogP contribution in [0.3, 0.4) is 0 Å². The number of aryl methyl sites for hydroxylation is 1. The Kier molecular flexibility index (Phi) is 5.16. The molecule has 3 nitrogen and oxygen atoms in total. The second-order valence-corrected chi connectivity index (χ2v) is 3.92. The molecule has 0 aliphatic carbocycles. The average molecular weight is 210 g/mol. The molecule has 12 heavy (non-hydrogen) atoms. The van der Waals surface area contributed by atoms with Gasteiger partial charge in [-0.05, 0) is 19.1 Å². The Labute approximate surface area is 115 Å². The van der Waals surface area contributed by atoms with Crippen molar-refractivity contribution in [2.45, 2.75) is 11.8 Å². The molecule has 0 amide bonds. The van der Waals surface area contributed by atoms with Crippen molar-refractivity contribution in [3.63, 3.8) is 0 Å². The first kappa shape index (κ1) is 12.8. The molecular weight excluding hydrogens is 201 g/mol. The molecule has 0 fully saturated rings. The Bertz CT molecular complexity index is 344. The van der Waals surface area contributed by atoms with E-state index in [4.69, 9.17) is 5.14 Å². The first-order chi connectivity index (χ1) is 5.00. The summed E-state index contributed by atoms with van der Waals surface area (Å²) in [6.07, 6.45) is 0. The van der Waals surface area contributed by atoms with E-state index < -0.39 is 10.0 Å². The summed E-state index contributed by atoms with van der Waals surface area (Å²) < 4.78 is 21.4. The Balaban J connectivity index is 0.00000121. The predicted molar refractivity (Wildman–Crippen MR) is 42.6 cm³/mol. The van der Waals surface area contributed by atoms with Crippen LogP contribution in [0.1, 0.15) is 5.56 Å². The Morgan fingerprint density at radius 3 is 1.92 bits per heavy atom. The number of primary sulfonamides is 1. The summed E-state index contributed by atoms with van der Waals surface area (Å²) in [4.78, 5) is 0.156. The van der Waals surface area contributed by atoms with Crippen LogP contribution in [-0.4, -0.2) is 8.42 Å². The summed E-state index contributed by atoms with van der Waals surface area (Å²) in [5.74, 6) is 0. The van der Waals surface area contributed by atoms with Gasteiger partial charge in [0.05, 0.1) is 4.90 Å². The molecule has 0 unspecified atom stereocenters. The number of sulfonamides is 1. The van der Waals surface area contributed by atoms with Crippen LogP contribution in [0.25, 0.3) is 0 Å². The molecule has 1 aromatic carbocycles. The fourth-order valence-corrected chi connectivity index (χ4v) is 1.24. The third kappa shape index (κ3) is 3.65. The molecule has 0 aromatic heterocycles. The van der Waals surface area contributed by atoms with Gasteiger partial charge in [-0.3, -0.25) is 0 Å². The van der Waals surface area contributed by atoms with Crippen molar-refractivity contribution in [1.29, 1.82) is 0 Å². The van der Waals surface area contributed by atoms with Crippen molar-refractivity contribution < 1.29 is 59.8 Å². The predicted octanol–water partition coefficient (Wildman–Crippen LogP) is -2.35. The van der Waals surface area contributed by atoms with Crippen LogP contribution in [0.15, 0.2) is 29.2 Å². The summed E-state index contributed by atoms with van der Waals surface area (Å²) in [5.41, 5.74) is 1.01. The molecule has 0 spiro atoms. The van der Waals surface area contributed by atoms with E-state index in [1.54, 1.807) is 12.1 Å². The van der Waals surface area contributed by atoms with E-state index in [0.717, 1.165) is 5.56 Å². The zero-order valence-corrected chi connectivity index (χ0v) is 11.1. The third-order valence-electron chi connectivity index (χ3n) is 1.35. The van der Waals surface area contributed by atoms with Crippen molar-refractivity contribution in [2.24, 2.45) is 5.14 Å². The van der Waals surface area contributed by atoms with Gasteiger partial charge in [0.1, 0.15) is 0 Å². The van der Waals surface area contributed by atoms with Crippen molar-refractivity contribution in [1.82, 2.24) is 0 Å². The van der Waals surface area contributed by atoms with E-state index in [1.165, 1.54) is 12.1 Å². The van der Waals surface area contributed by atoms with Gasteiger partial charge in [-0.25, -0.2) is 13.6 Å². The van der Waals surface area contributed by atoms with E-state index in [9.17, 15) is 8.42 Å². The average Bonchev–Trinajstić information content (AvgIpc) is 1.86. The maximum atomic E-state index is 10.7. The second-order valence-electron chi connectivity index (χ2n) is 2.36. The van der Waals surface area contributed by atoms with Crippen molar-refractivity contribution in [3.05, 3.63) is 29.8 Å². The number of hydrogen-bond acceptors (Lipinski definition) is 2. The molecule has 60 valence electrons. The van der Waals surface area contributed by atoms with Gasteiger partial charge in [-0.2, -0.15) is 0 Å². The molecular formula is C7H9KNO2S+. The minimum atomic E-state index is -3.52. The molecule has 2 N–H and O–H groups in total. The van der Waals surface area contributed by atoms with Crippen LogP contribution in [0.2, 0.25) is 0 Å². The van der Waals surface area contributed by atoms with Crippen LogP contribution >= 0.6 is 0 Å². The van der Waals surface area contributed by atoms with Crippen molar-refractivity contribution in [2.75, 3.05) is 0 Å². The fraction of sp³-hybridized carbons (Fsp3) is 0.143.